The average Bonchev–Trinajstić information content (AvgIpc) is 3.19. The molecule has 1 amide bonds. The van der Waals surface area contributed by atoms with Crippen molar-refractivity contribution in [1.29, 1.82) is 0 Å². The van der Waals surface area contributed by atoms with Gasteiger partial charge in [-0.15, -0.1) is 0 Å². The van der Waals surface area contributed by atoms with Crippen molar-refractivity contribution in [2.45, 2.75) is 68.2 Å². The Labute approximate surface area is 169 Å². The van der Waals surface area contributed by atoms with Crippen LogP contribution < -0.4 is 10.2 Å². The Balaban J connectivity index is 1.35. The minimum atomic E-state index is -4.55. The molecule has 8 nitrogen and oxygen atoms in total. The molecule has 0 radical (unpaired) electrons. The lowest BCUT2D eigenvalue weighted by molar-refractivity contribution is -0.137. The smallest absolute Gasteiger partial charge is 0.416 e. The summed E-state index contributed by atoms with van der Waals surface area (Å²) >= 11 is 0. The predicted molar refractivity (Wildman–Crippen MR) is 98.7 cm³/mol. The van der Waals surface area contributed by atoms with Crippen LogP contribution in [-0.2, 0) is 16.4 Å². The number of piperidine rings is 1. The third kappa shape index (κ3) is 2.98. The number of fused-ring (bicyclic) bond motifs is 2. The van der Waals surface area contributed by atoms with Crippen LogP contribution in [0.4, 0.5) is 19.1 Å². The number of anilines is 1. The van der Waals surface area contributed by atoms with Crippen LogP contribution in [0.1, 0.15) is 49.7 Å². The minimum Gasteiger partial charge on any atom is -0.508 e. The normalized spacial score (nSPS) is 27.2. The van der Waals surface area contributed by atoms with Crippen LogP contribution in [0.25, 0.3) is 0 Å². The van der Waals surface area contributed by atoms with Crippen molar-refractivity contribution in [3.05, 3.63) is 29.3 Å². The Kier molecular flexibility index (Phi) is 4.19. The maximum Gasteiger partial charge on any atom is 0.416 e. The molecule has 3 atom stereocenters. The lowest BCUT2D eigenvalue weighted by Crippen LogP contribution is -2.56. The molecule has 0 unspecified atom stereocenters. The molecule has 2 aliphatic heterocycles. The first-order valence-electron chi connectivity index (χ1n) is 10.0. The van der Waals surface area contributed by atoms with Crippen LogP contribution in [0.5, 0.6) is 5.75 Å². The predicted octanol–water partition coefficient (Wildman–Crippen LogP) is 2.27. The van der Waals surface area contributed by atoms with Gasteiger partial charge in [-0.3, -0.25) is 4.79 Å². The van der Waals surface area contributed by atoms with Crippen molar-refractivity contribution < 1.29 is 23.1 Å². The number of tetrazole rings is 1. The largest absolute Gasteiger partial charge is 0.508 e. The lowest BCUT2D eigenvalue weighted by Gasteiger charge is -2.40. The van der Waals surface area contributed by atoms with E-state index in [-0.39, 0.29) is 23.6 Å². The summed E-state index contributed by atoms with van der Waals surface area (Å²) in [5, 5.41) is 27.5. The van der Waals surface area contributed by atoms with Crippen molar-refractivity contribution >= 4 is 11.9 Å². The summed E-state index contributed by atoms with van der Waals surface area (Å²) < 4.78 is 38.7. The van der Waals surface area contributed by atoms with Gasteiger partial charge in [-0.1, -0.05) is 11.2 Å². The molecule has 30 heavy (non-hydrogen) atoms. The van der Waals surface area contributed by atoms with Gasteiger partial charge in [0.05, 0.1) is 17.0 Å². The van der Waals surface area contributed by atoms with Gasteiger partial charge < -0.3 is 15.3 Å². The summed E-state index contributed by atoms with van der Waals surface area (Å²) in [6.45, 7) is 0. The molecule has 160 valence electrons. The molecule has 3 heterocycles. The van der Waals surface area contributed by atoms with Gasteiger partial charge in [-0.05, 0) is 61.1 Å². The maximum absolute atomic E-state index is 13.2. The average molecular weight is 422 g/mol. The SMILES string of the molecule is O=C(N[C@@H]1CC[C@H]2CC[C@@H]1N2c1nnn[nH]1)C1(c2ccc(C(F)(F)F)cc2O)CC1. The van der Waals surface area contributed by atoms with Crippen molar-refractivity contribution in [3.8, 4) is 5.75 Å². The highest BCUT2D eigenvalue weighted by Crippen LogP contribution is 2.52. The first-order chi connectivity index (χ1) is 14.3. The monoisotopic (exact) mass is 422 g/mol. The minimum absolute atomic E-state index is 0.0550. The highest BCUT2D eigenvalue weighted by atomic mass is 19.4. The van der Waals surface area contributed by atoms with Crippen LogP contribution in [0.3, 0.4) is 0 Å². The molecule has 2 aromatic rings. The second kappa shape index (κ2) is 6.58. The summed E-state index contributed by atoms with van der Waals surface area (Å²) in [6, 6.07) is 3.11. The topological polar surface area (TPSA) is 107 Å². The number of aromatic amines is 1. The number of halogens is 3. The van der Waals surface area contributed by atoms with Crippen LogP contribution in [0.15, 0.2) is 18.2 Å². The maximum atomic E-state index is 13.2. The van der Waals surface area contributed by atoms with Crippen LogP contribution in [-0.4, -0.2) is 49.8 Å². The first kappa shape index (κ1) is 19.1. The van der Waals surface area contributed by atoms with Gasteiger partial charge >= 0.3 is 6.18 Å². The number of hydrogen-bond donors (Lipinski definition) is 3. The highest BCUT2D eigenvalue weighted by molar-refractivity contribution is 5.92. The van der Waals surface area contributed by atoms with Gasteiger partial charge in [0.2, 0.25) is 11.9 Å². The third-order valence-electron chi connectivity index (χ3n) is 6.74. The Bertz CT molecular complexity index is 960. The standard InChI is InChI=1S/C19H21F3N6O2/c20-19(21,22)10-1-4-12(15(29)9-10)18(7-8-18)16(30)23-13-5-2-11-3-6-14(13)28(11)17-24-26-27-25-17/h1,4,9,11,13-14,29H,2-3,5-8H2,(H,23,30)(H,24,25,26,27)/t11-,13+,14-/m0/s1. The Morgan fingerprint density at radius 1 is 1.23 bits per heavy atom. The quantitative estimate of drug-likeness (QED) is 0.698. The van der Waals surface area contributed by atoms with Crippen LogP contribution in [0, 0.1) is 0 Å². The molecule has 3 N–H and O–H groups in total. The van der Waals surface area contributed by atoms with E-state index in [4.69, 9.17) is 0 Å². The zero-order chi connectivity index (χ0) is 21.1. The van der Waals surface area contributed by atoms with Gasteiger partial charge in [-0.2, -0.15) is 13.2 Å². The summed E-state index contributed by atoms with van der Waals surface area (Å²) in [7, 11) is 0. The zero-order valence-electron chi connectivity index (χ0n) is 16.0. The summed E-state index contributed by atoms with van der Waals surface area (Å²) in [4.78, 5) is 15.3. The molecule has 1 aromatic heterocycles. The second-order valence-corrected chi connectivity index (χ2v) is 8.40. The third-order valence-corrected chi connectivity index (χ3v) is 6.74. The van der Waals surface area contributed by atoms with Gasteiger partial charge in [0.15, 0.2) is 0 Å². The van der Waals surface area contributed by atoms with Gasteiger partial charge in [-0.25, -0.2) is 5.10 Å². The van der Waals surface area contributed by atoms with Crippen LogP contribution in [0.2, 0.25) is 0 Å². The molecule has 0 spiro atoms. The molecule has 3 fully saturated rings. The van der Waals surface area contributed by atoms with Crippen molar-refractivity contribution in [2.24, 2.45) is 0 Å². The van der Waals surface area contributed by atoms with Crippen LogP contribution >= 0.6 is 0 Å². The molecule has 2 saturated heterocycles. The van der Waals surface area contributed by atoms with Crippen molar-refractivity contribution in [1.82, 2.24) is 25.9 Å². The van der Waals surface area contributed by atoms with E-state index >= 15 is 0 Å². The van der Waals surface area contributed by atoms with E-state index in [9.17, 15) is 23.1 Å². The molecule has 1 aliphatic carbocycles. The lowest BCUT2D eigenvalue weighted by atomic mass is 9.91. The summed E-state index contributed by atoms with van der Waals surface area (Å²) in [5.74, 6) is -0.150. The van der Waals surface area contributed by atoms with Crippen molar-refractivity contribution in [3.63, 3.8) is 0 Å². The number of hydrogen-bond acceptors (Lipinski definition) is 6. The number of amides is 1. The number of rotatable bonds is 4. The number of aromatic hydroxyl groups is 1. The number of phenolic OH excluding ortho intramolecular Hbond substituents is 1. The number of nitrogens with one attached hydrogen (secondary N) is 2. The summed E-state index contributed by atoms with van der Waals surface area (Å²) in [6.07, 6.45) is 0.0302. The Hall–Kier alpha value is -2.85. The van der Waals surface area contributed by atoms with E-state index < -0.39 is 22.9 Å². The molecule has 5 rings (SSSR count). The molecule has 11 heteroatoms. The van der Waals surface area contributed by atoms with E-state index in [1.807, 2.05) is 0 Å². The fraction of sp³-hybridized carbons (Fsp3) is 0.579. The van der Waals surface area contributed by atoms with Gasteiger partial charge in [0.25, 0.3) is 0 Å². The number of carbonyl (C=O) groups is 1. The van der Waals surface area contributed by atoms with Crippen molar-refractivity contribution in [2.75, 3.05) is 4.90 Å². The van der Waals surface area contributed by atoms with Gasteiger partial charge in [0, 0.05) is 17.6 Å². The number of nitrogens with zero attached hydrogens (tertiary/aromatic N) is 4. The van der Waals surface area contributed by atoms with Gasteiger partial charge in [0.1, 0.15) is 5.75 Å². The van der Waals surface area contributed by atoms with E-state index in [1.54, 1.807) is 0 Å². The fourth-order valence-corrected chi connectivity index (χ4v) is 5.08. The first-order valence-corrected chi connectivity index (χ1v) is 10.0. The molecule has 1 aromatic carbocycles. The molecule has 3 aliphatic rings. The highest BCUT2D eigenvalue weighted by Gasteiger charge is 2.54. The molecule has 1 saturated carbocycles. The molecular formula is C19H21F3N6O2. The zero-order valence-corrected chi connectivity index (χ0v) is 16.0. The Morgan fingerprint density at radius 3 is 2.63 bits per heavy atom. The number of aromatic nitrogens is 4. The molecule has 2 bridgehead atoms. The number of benzene rings is 1. The summed E-state index contributed by atoms with van der Waals surface area (Å²) in [5.41, 5.74) is -1.65. The number of alkyl halides is 3. The van der Waals surface area contributed by atoms with E-state index in [1.165, 1.54) is 6.07 Å². The van der Waals surface area contributed by atoms with E-state index in [0.717, 1.165) is 31.7 Å². The number of carbonyl (C=O) groups excluding carboxylic acids is 1. The Morgan fingerprint density at radius 2 is 2.00 bits per heavy atom. The molecular weight excluding hydrogens is 401 g/mol. The number of H-pyrrole nitrogens is 1. The number of phenols is 1. The van der Waals surface area contributed by atoms with E-state index in [2.05, 4.69) is 30.8 Å². The van der Waals surface area contributed by atoms with E-state index in [0.29, 0.717) is 30.9 Å². The second-order valence-electron chi connectivity index (χ2n) is 8.40. The fourth-order valence-electron chi connectivity index (χ4n) is 5.08.